The molecule has 4 nitrogen and oxygen atoms in total. The third-order valence-corrected chi connectivity index (χ3v) is 3.91. The van der Waals surface area contributed by atoms with Crippen LogP contribution in [0.2, 0.25) is 0 Å². The maximum Gasteiger partial charge on any atom is 0.501 e. The molecule has 0 aromatic heterocycles. The first-order valence-corrected chi connectivity index (χ1v) is 6.61. The molecule has 0 aliphatic rings. The lowest BCUT2D eigenvalue weighted by Gasteiger charge is -2.22. The summed E-state index contributed by atoms with van der Waals surface area (Å²) in [5.41, 5.74) is -0.479. The largest absolute Gasteiger partial charge is 0.501 e. The minimum Gasteiger partial charge on any atom is -0.372 e. The van der Waals surface area contributed by atoms with Crippen LogP contribution in [-0.4, -0.2) is 34.1 Å². The minimum atomic E-state index is -5.62. The van der Waals surface area contributed by atoms with Gasteiger partial charge >= 0.3 is 5.51 Å². The monoisotopic (exact) mass is 300 g/mol. The number of hydrogen-bond donors (Lipinski definition) is 1. The Morgan fingerprint density at radius 1 is 1.32 bits per heavy atom. The van der Waals surface area contributed by atoms with Crippen LogP contribution in [0.5, 0.6) is 0 Å². The molecule has 0 spiro atoms. The van der Waals surface area contributed by atoms with Crippen molar-refractivity contribution in [3.63, 3.8) is 0 Å². The second kappa shape index (κ2) is 5.33. The highest BCUT2D eigenvalue weighted by Gasteiger charge is 2.48. The Bertz CT molecular complexity index is 557. The normalized spacial score (nSPS) is 12.5. The van der Waals surface area contributed by atoms with E-state index in [1.54, 1.807) is 0 Å². The smallest absolute Gasteiger partial charge is 0.372 e. The van der Waals surface area contributed by atoms with E-state index < -0.39 is 26.1 Å². The number of hydrogen-bond acceptors (Lipinski definition) is 4. The van der Waals surface area contributed by atoms with E-state index in [4.69, 9.17) is 5.73 Å². The fraction of sp³-hybridized carbons (Fsp3) is 0.400. The number of alkyl halides is 3. The van der Waals surface area contributed by atoms with Gasteiger partial charge in [0.2, 0.25) is 0 Å². The molecule has 9 heteroatoms. The highest BCUT2D eigenvalue weighted by atomic mass is 32.2. The van der Waals surface area contributed by atoms with Gasteiger partial charge in [-0.15, -0.1) is 0 Å². The van der Waals surface area contributed by atoms with Crippen LogP contribution in [0.3, 0.4) is 0 Å². The number of benzene rings is 1. The van der Waals surface area contributed by atoms with Crippen molar-refractivity contribution < 1.29 is 26.0 Å². The standard InChI is InChI=1S/C10H12F4N2O2S/c1-16(5-4-15)8-3-2-7(11)6-9(8)19(17,18)10(12,13)14/h2-3,6H,4-5,15H2,1H3. The summed E-state index contributed by atoms with van der Waals surface area (Å²) >= 11 is 0. The molecule has 2 N–H and O–H groups in total. The molecule has 1 rings (SSSR count). The molecule has 0 unspecified atom stereocenters. The Morgan fingerprint density at radius 3 is 2.37 bits per heavy atom. The summed E-state index contributed by atoms with van der Waals surface area (Å²) in [5, 5.41) is 0. The Morgan fingerprint density at radius 2 is 1.89 bits per heavy atom. The van der Waals surface area contributed by atoms with Gasteiger partial charge in [-0.05, 0) is 18.2 Å². The van der Waals surface area contributed by atoms with Crippen LogP contribution in [0.15, 0.2) is 23.1 Å². The summed E-state index contributed by atoms with van der Waals surface area (Å²) in [6, 6.07) is 2.21. The number of nitrogens with zero attached hydrogens (tertiary/aromatic N) is 1. The highest BCUT2D eigenvalue weighted by Crippen LogP contribution is 2.35. The Hall–Kier alpha value is -1.35. The van der Waals surface area contributed by atoms with Crippen LogP contribution >= 0.6 is 0 Å². The third kappa shape index (κ3) is 3.16. The molecule has 0 saturated carbocycles. The molecule has 0 aliphatic carbocycles. The molecule has 0 atom stereocenters. The van der Waals surface area contributed by atoms with Crippen molar-refractivity contribution in [2.24, 2.45) is 5.73 Å². The molecule has 0 radical (unpaired) electrons. The van der Waals surface area contributed by atoms with Gasteiger partial charge in [0.15, 0.2) is 0 Å². The Labute approximate surface area is 107 Å². The molecule has 0 fully saturated rings. The van der Waals surface area contributed by atoms with Crippen molar-refractivity contribution in [1.82, 2.24) is 0 Å². The van der Waals surface area contributed by atoms with E-state index in [0.29, 0.717) is 6.07 Å². The zero-order valence-corrected chi connectivity index (χ0v) is 10.7. The van der Waals surface area contributed by atoms with E-state index in [-0.39, 0.29) is 18.8 Å². The third-order valence-electron chi connectivity index (χ3n) is 2.39. The zero-order chi connectivity index (χ0) is 14.8. The van der Waals surface area contributed by atoms with Gasteiger partial charge in [0.05, 0.1) is 5.69 Å². The molecule has 1 aromatic carbocycles. The van der Waals surface area contributed by atoms with Crippen molar-refractivity contribution in [2.45, 2.75) is 10.4 Å². The Kier molecular flexibility index (Phi) is 4.41. The summed E-state index contributed by atoms with van der Waals surface area (Å²) in [5.74, 6) is -1.06. The van der Waals surface area contributed by atoms with Gasteiger partial charge in [-0.1, -0.05) is 0 Å². The highest BCUT2D eigenvalue weighted by molar-refractivity contribution is 7.92. The lowest BCUT2D eigenvalue weighted by molar-refractivity contribution is -0.0435. The van der Waals surface area contributed by atoms with Crippen LogP contribution in [-0.2, 0) is 9.84 Å². The lowest BCUT2D eigenvalue weighted by Crippen LogP contribution is -2.29. The van der Waals surface area contributed by atoms with Crippen LogP contribution in [0.25, 0.3) is 0 Å². The predicted octanol–water partition coefficient (Wildman–Crippen LogP) is 1.51. The van der Waals surface area contributed by atoms with E-state index in [0.717, 1.165) is 12.1 Å². The Balaban J connectivity index is 3.46. The van der Waals surface area contributed by atoms with E-state index in [1.165, 1.54) is 11.9 Å². The van der Waals surface area contributed by atoms with E-state index >= 15 is 0 Å². The van der Waals surface area contributed by atoms with E-state index in [9.17, 15) is 26.0 Å². The molecule has 19 heavy (non-hydrogen) atoms. The van der Waals surface area contributed by atoms with Crippen molar-refractivity contribution in [3.8, 4) is 0 Å². The van der Waals surface area contributed by atoms with Gasteiger partial charge in [0.25, 0.3) is 9.84 Å². The molecule has 0 aliphatic heterocycles. The van der Waals surface area contributed by atoms with Gasteiger partial charge in [-0.3, -0.25) is 0 Å². The number of anilines is 1. The summed E-state index contributed by atoms with van der Waals surface area (Å²) < 4.78 is 73.4. The SMILES string of the molecule is CN(CCN)c1ccc(F)cc1S(=O)(=O)C(F)(F)F. The average Bonchev–Trinajstić information content (AvgIpc) is 2.27. The summed E-state index contributed by atoms with van der Waals surface area (Å²) in [4.78, 5) is 0.105. The van der Waals surface area contributed by atoms with Crippen LogP contribution in [0, 0.1) is 5.82 Å². The molecule has 1 aromatic rings. The second-order valence-corrected chi connectivity index (χ2v) is 5.68. The molecule has 0 saturated heterocycles. The van der Waals surface area contributed by atoms with Gasteiger partial charge in [-0.2, -0.15) is 13.2 Å². The predicted molar refractivity (Wildman–Crippen MR) is 62.0 cm³/mol. The number of likely N-dealkylation sites (N-methyl/N-ethyl adjacent to an activating group) is 1. The van der Waals surface area contributed by atoms with E-state index in [1.807, 2.05) is 0 Å². The molecule has 0 bridgehead atoms. The fourth-order valence-electron chi connectivity index (χ4n) is 1.46. The zero-order valence-electron chi connectivity index (χ0n) is 9.91. The van der Waals surface area contributed by atoms with Crippen LogP contribution in [0.1, 0.15) is 0 Å². The summed E-state index contributed by atoms with van der Waals surface area (Å²) in [7, 11) is -4.24. The summed E-state index contributed by atoms with van der Waals surface area (Å²) in [6.45, 7) is 0.241. The molecule has 0 heterocycles. The molecular weight excluding hydrogens is 288 g/mol. The lowest BCUT2D eigenvalue weighted by atomic mass is 10.3. The van der Waals surface area contributed by atoms with E-state index in [2.05, 4.69) is 0 Å². The van der Waals surface area contributed by atoms with Gasteiger partial charge < -0.3 is 10.6 Å². The summed E-state index contributed by atoms with van der Waals surface area (Å²) in [6.07, 6.45) is 0. The number of sulfone groups is 1. The van der Waals surface area contributed by atoms with Crippen LogP contribution < -0.4 is 10.6 Å². The second-order valence-electron chi connectivity index (χ2n) is 3.77. The minimum absolute atomic E-state index is 0.110. The van der Waals surface area contributed by atoms with Crippen LogP contribution in [0.4, 0.5) is 23.2 Å². The average molecular weight is 300 g/mol. The topological polar surface area (TPSA) is 63.4 Å². The number of nitrogens with two attached hydrogens (primary N) is 1. The number of rotatable bonds is 4. The first-order chi connectivity index (χ1) is 8.61. The molecule has 0 amide bonds. The maximum absolute atomic E-state index is 13.0. The van der Waals surface area contributed by atoms with Crippen molar-refractivity contribution in [1.29, 1.82) is 0 Å². The first-order valence-electron chi connectivity index (χ1n) is 5.13. The maximum atomic E-state index is 13.0. The van der Waals surface area contributed by atoms with Crippen molar-refractivity contribution in [3.05, 3.63) is 24.0 Å². The molecule has 108 valence electrons. The van der Waals surface area contributed by atoms with Gasteiger partial charge in [0.1, 0.15) is 10.7 Å². The fourth-order valence-corrected chi connectivity index (χ4v) is 2.47. The first kappa shape index (κ1) is 15.7. The quantitative estimate of drug-likeness (QED) is 0.856. The molecular formula is C10H12F4N2O2S. The number of halogens is 4. The van der Waals surface area contributed by atoms with Gasteiger partial charge in [-0.25, -0.2) is 12.8 Å². The van der Waals surface area contributed by atoms with Crippen molar-refractivity contribution >= 4 is 15.5 Å². The van der Waals surface area contributed by atoms with Crippen molar-refractivity contribution in [2.75, 3.05) is 25.0 Å². The van der Waals surface area contributed by atoms with Gasteiger partial charge in [0, 0.05) is 20.1 Å².